The highest BCUT2D eigenvalue weighted by Gasteiger charge is 2.49. The molecule has 0 bridgehead atoms. The van der Waals surface area contributed by atoms with Gasteiger partial charge in [-0.3, -0.25) is 0 Å². The van der Waals surface area contributed by atoms with Crippen molar-refractivity contribution >= 4 is 6.16 Å². The maximum atomic E-state index is 13.7. The summed E-state index contributed by atoms with van der Waals surface area (Å²) in [6, 6.07) is 4.44. The summed E-state index contributed by atoms with van der Waals surface area (Å²) in [7, 11) is 0. The van der Waals surface area contributed by atoms with E-state index in [1.54, 1.807) is 0 Å². The van der Waals surface area contributed by atoms with E-state index < -0.39 is 36.2 Å². The number of rotatable bonds is 2. The molecule has 0 saturated carbocycles. The maximum absolute atomic E-state index is 13.7. The molecule has 0 amide bonds. The van der Waals surface area contributed by atoms with E-state index >= 15 is 0 Å². The molecule has 3 nitrogen and oxygen atoms in total. The molecule has 1 aliphatic rings. The van der Waals surface area contributed by atoms with Gasteiger partial charge in [0.05, 0.1) is 5.56 Å². The van der Waals surface area contributed by atoms with Crippen molar-refractivity contribution in [1.82, 2.24) is 0 Å². The quantitative estimate of drug-likeness (QED) is 0.734. The number of ether oxygens (including phenoxy) is 2. The molecule has 0 N–H and O–H groups in total. The van der Waals surface area contributed by atoms with E-state index in [-0.39, 0.29) is 0 Å². The second-order valence-electron chi connectivity index (χ2n) is 3.27. The fourth-order valence-electron chi connectivity index (χ4n) is 1.41. The van der Waals surface area contributed by atoms with Gasteiger partial charge < -0.3 is 9.47 Å². The molecular weight excluding hydrogens is 225 g/mol. The molecule has 1 heterocycles. The predicted molar refractivity (Wildman–Crippen MR) is 46.5 cm³/mol. The van der Waals surface area contributed by atoms with Crippen LogP contribution in [-0.2, 0) is 15.4 Å². The van der Waals surface area contributed by atoms with E-state index in [1.807, 2.05) is 0 Å². The number of hydrogen-bond donors (Lipinski definition) is 0. The molecule has 1 unspecified atom stereocenters. The molecule has 1 atom stereocenters. The fourth-order valence-corrected chi connectivity index (χ4v) is 1.41. The van der Waals surface area contributed by atoms with E-state index in [0.29, 0.717) is 0 Å². The SMILES string of the molecule is O=C1OCC(C(F)(F)c2ccccc2F)O1. The Morgan fingerprint density at radius 3 is 2.56 bits per heavy atom. The Hall–Kier alpha value is -1.72. The third-order valence-corrected chi connectivity index (χ3v) is 2.23. The van der Waals surface area contributed by atoms with E-state index in [2.05, 4.69) is 9.47 Å². The van der Waals surface area contributed by atoms with Crippen LogP contribution in [0.3, 0.4) is 0 Å². The van der Waals surface area contributed by atoms with Crippen LogP contribution in [0.5, 0.6) is 0 Å². The first-order valence-corrected chi connectivity index (χ1v) is 4.48. The predicted octanol–water partition coefficient (Wildman–Crippen LogP) is 2.45. The van der Waals surface area contributed by atoms with Crippen molar-refractivity contribution in [2.24, 2.45) is 0 Å². The van der Waals surface area contributed by atoms with Crippen LogP contribution in [0, 0.1) is 5.82 Å². The lowest BCUT2D eigenvalue weighted by molar-refractivity contribution is -0.103. The summed E-state index contributed by atoms with van der Waals surface area (Å²) >= 11 is 0. The van der Waals surface area contributed by atoms with Crippen LogP contribution in [0.25, 0.3) is 0 Å². The van der Waals surface area contributed by atoms with E-state index in [4.69, 9.17) is 0 Å². The first-order valence-electron chi connectivity index (χ1n) is 4.48. The van der Waals surface area contributed by atoms with Gasteiger partial charge in [-0.2, -0.15) is 8.78 Å². The number of hydrogen-bond acceptors (Lipinski definition) is 3. The van der Waals surface area contributed by atoms with Gasteiger partial charge in [0.25, 0.3) is 0 Å². The lowest BCUT2D eigenvalue weighted by Gasteiger charge is -2.20. The Kier molecular flexibility index (Phi) is 2.49. The first-order chi connectivity index (χ1) is 7.51. The molecule has 0 spiro atoms. The maximum Gasteiger partial charge on any atom is 0.509 e. The average Bonchev–Trinajstić information content (AvgIpc) is 2.66. The zero-order valence-electron chi connectivity index (χ0n) is 7.95. The number of alkyl halides is 2. The highest BCUT2D eigenvalue weighted by molar-refractivity contribution is 5.62. The standard InChI is InChI=1S/C10H7F3O3/c11-7-4-2-1-3-6(7)10(12,13)8-5-15-9(14)16-8/h1-4,8H,5H2. The Morgan fingerprint density at radius 1 is 1.31 bits per heavy atom. The summed E-state index contributed by atoms with van der Waals surface area (Å²) in [6.45, 7) is -0.583. The Morgan fingerprint density at radius 2 is 2.00 bits per heavy atom. The zero-order chi connectivity index (χ0) is 11.8. The summed E-state index contributed by atoms with van der Waals surface area (Å²) < 4.78 is 49.1. The second-order valence-corrected chi connectivity index (χ2v) is 3.27. The van der Waals surface area contributed by atoms with Crippen molar-refractivity contribution in [3.05, 3.63) is 35.6 Å². The summed E-state index contributed by atoms with van der Waals surface area (Å²) in [5.74, 6) is -4.65. The molecule has 0 radical (unpaired) electrons. The molecule has 1 fully saturated rings. The fraction of sp³-hybridized carbons (Fsp3) is 0.300. The molecule has 86 valence electrons. The van der Waals surface area contributed by atoms with Crippen LogP contribution in [0.2, 0.25) is 0 Å². The molecule has 0 aromatic heterocycles. The van der Waals surface area contributed by atoms with Crippen LogP contribution in [0.4, 0.5) is 18.0 Å². The van der Waals surface area contributed by atoms with E-state index in [1.165, 1.54) is 12.1 Å². The Balaban J connectivity index is 2.31. The number of cyclic esters (lactones) is 2. The van der Waals surface area contributed by atoms with Crippen LogP contribution >= 0.6 is 0 Å². The number of carbonyl (C=O) groups excluding carboxylic acids is 1. The normalized spacial score (nSPS) is 20.4. The minimum Gasteiger partial charge on any atom is -0.430 e. The molecule has 6 heteroatoms. The summed E-state index contributed by atoms with van der Waals surface area (Å²) in [6.07, 6.45) is -2.95. The number of benzene rings is 1. The topological polar surface area (TPSA) is 35.5 Å². The van der Waals surface area contributed by atoms with Crippen LogP contribution in [0.15, 0.2) is 24.3 Å². The van der Waals surface area contributed by atoms with Crippen molar-refractivity contribution < 1.29 is 27.4 Å². The van der Waals surface area contributed by atoms with Crippen LogP contribution < -0.4 is 0 Å². The summed E-state index contributed by atoms with van der Waals surface area (Å²) in [4.78, 5) is 10.5. The van der Waals surface area contributed by atoms with Crippen molar-refractivity contribution in [2.45, 2.75) is 12.0 Å². The largest absolute Gasteiger partial charge is 0.509 e. The van der Waals surface area contributed by atoms with Crippen LogP contribution in [0.1, 0.15) is 5.56 Å². The van der Waals surface area contributed by atoms with Gasteiger partial charge in [-0.1, -0.05) is 12.1 Å². The minimum absolute atomic E-state index is 0.583. The van der Waals surface area contributed by atoms with Gasteiger partial charge in [0.15, 0.2) is 0 Å². The molecule has 2 rings (SSSR count). The van der Waals surface area contributed by atoms with Gasteiger partial charge in [0, 0.05) is 0 Å². The van der Waals surface area contributed by atoms with Gasteiger partial charge in [0.1, 0.15) is 12.4 Å². The molecule has 1 saturated heterocycles. The van der Waals surface area contributed by atoms with Gasteiger partial charge in [0.2, 0.25) is 6.10 Å². The van der Waals surface area contributed by atoms with Crippen molar-refractivity contribution in [2.75, 3.05) is 6.61 Å². The third kappa shape index (κ3) is 1.70. The molecule has 1 aromatic rings. The highest BCUT2D eigenvalue weighted by atomic mass is 19.3. The number of carbonyl (C=O) groups is 1. The van der Waals surface area contributed by atoms with Crippen molar-refractivity contribution in [1.29, 1.82) is 0 Å². The molecule has 1 aliphatic heterocycles. The molecule has 1 aromatic carbocycles. The lowest BCUT2D eigenvalue weighted by atomic mass is 10.0. The van der Waals surface area contributed by atoms with Gasteiger partial charge in [-0.25, -0.2) is 9.18 Å². The molecule has 16 heavy (non-hydrogen) atoms. The van der Waals surface area contributed by atoms with Gasteiger partial charge >= 0.3 is 12.1 Å². The highest BCUT2D eigenvalue weighted by Crippen LogP contribution is 2.37. The lowest BCUT2D eigenvalue weighted by Crippen LogP contribution is -2.33. The molecular formula is C10H7F3O3. The van der Waals surface area contributed by atoms with Crippen molar-refractivity contribution in [3.8, 4) is 0 Å². The zero-order valence-corrected chi connectivity index (χ0v) is 7.95. The second kappa shape index (κ2) is 3.70. The first kappa shape index (κ1) is 10.8. The smallest absolute Gasteiger partial charge is 0.430 e. The van der Waals surface area contributed by atoms with Gasteiger partial charge in [-0.15, -0.1) is 0 Å². The molecule has 0 aliphatic carbocycles. The third-order valence-electron chi connectivity index (χ3n) is 2.23. The van der Waals surface area contributed by atoms with E-state index in [9.17, 15) is 18.0 Å². The summed E-state index contributed by atoms with van der Waals surface area (Å²) in [5, 5.41) is 0. The monoisotopic (exact) mass is 232 g/mol. The van der Waals surface area contributed by atoms with Crippen molar-refractivity contribution in [3.63, 3.8) is 0 Å². The Labute approximate surface area is 88.8 Å². The van der Waals surface area contributed by atoms with E-state index in [0.717, 1.165) is 12.1 Å². The average molecular weight is 232 g/mol. The van der Waals surface area contributed by atoms with Crippen LogP contribution in [-0.4, -0.2) is 18.9 Å². The summed E-state index contributed by atoms with van der Waals surface area (Å²) in [5.41, 5.74) is -0.807. The minimum atomic E-state index is -3.60. The number of halogens is 3. The Bertz CT molecular complexity index is 420. The van der Waals surface area contributed by atoms with Gasteiger partial charge in [-0.05, 0) is 12.1 Å².